The molecule has 0 aliphatic carbocycles. The molecule has 0 radical (unpaired) electrons. The van der Waals surface area contributed by atoms with Crippen molar-refractivity contribution < 1.29 is 39.6 Å². The zero-order chi connectivity index (χ0) is 24.2. The maximum Gasteiger partial charge on any atom is 0.353 e. The number of carbonyl (C=O) groups is 4. The van der Waals surface area contributed by atoms with Gasteiger partial charge in [0, 0.05) is 42.0 Å². The van der Waals surface area contributed by atoms with Crippen LogP contribution in [0.4, 0.5) is 0 Å². The van der Waals surface area contributed by atoms with Crippen LogP contribution in [0.15, 0.2) is 10.6 Å². The van der Waals surface area contributed by atoms with E-state index in [1.807, 2.05) is 0 Å². The van der Waals surface area contributed by atoms with E-state index in [1.165, 1.54) is 23.6 Å². The maximum atomic E-state index is 12.2. The van der Waals surface area contributed by atoms with E-state index >= 15 is 0 Å². The number of aliphatic hydroxyl groups is 3. The normalized spacial score (nSPS) is 22.2. The van der Waals surface area contributed by atoms with Gasteiger partial charge in [0.05, 0.1) is 24.7 Å². The van der Waals surface area contributed by atoms with Crippen LogP contribution in [0.2, 0.25) is 0 Å². The Kier molecular flexibility index (Phi) is 8.68. The van der Waals surface area contributed by atoms with E-state index in [1.54, 1.807) is 13.8 Å². The fourth-order valence-electron chi connectivity index (χ4n) is 3.65. The molecule has 0 aromatic carbocycles. The van der Waals surface area contributed by atoms with Crippen molar-refractivity contribution in [1.82, 2.24) is 15.5 Å². The van der Waals surface area contributed by atoms with Gasteiger partial charge in [-0.15, -0.1) is 11.8 Å². The molecule has 2 rings (SSSR count). The van der Waals surface area contributed by atoms with Crippen LogP contribution in [0.1, 0.15) is 33.6 Å². The van der Waals surface area contributed by atoms with Gasteiger partial charge >= 0.3 is 5.97 Å². The minimum Gasteiger partial charge on any atom is -0.477 e. The number of fused-ring (bicyclic) bond motifs is 1. The predicted molar refractivity (Wildman–Crippen MR) is 115 cm³/mol. The van der Waals surface area contributed by atoms with Crippen LogP contribution in [0.3, 0.4) is 0 Å². The number of carbonyl (C=O) groups excluding carboxylic acids is 3. The quantitative estimate of drug-likeness (QED) is 0.147. The highest BCUT2D eigenvalue weighted by atomic mass is 32.2. The lowest BCUT2D eigenvalue weighted by molar-refractivity contribution is -0.161. The van der Waals surface area contributed by atoms with Crippen molar-refractivity contribution in [2.75, 3.05) is 25.4 Å². The largest absolute Gasteiger partial charge is 0.477 e. The van der Waals surface area contributed by atoms with E-state index in [4.69, 9.17) is 0 Å². The van der Waals surface area contributed by atoms with Gasteiger partial charge in [0.25, 0.3) is 0 Å². The van der Waals surface area contributed by atoms with Crippen LogP contribution >= 0.6 is 11.8 Å². The summed E-state index contributed by atoms with van der Waals surface area (Å²) in [5, 5.41) is 43.4. The number of carboxylic acid groups (broad SMARTS) is 1. The fourth-order valence-corrected chi connectivity index (χ4v) is 4.71. The Bertz CT molecular complexity index is 798. The zero-order valence-corrected chi connectivity index (χ0v) is 19.1. The molecule has 2 aliphatic heterocycles. The standard InChI is InChI=1S/C20H31N3O8S/c1-10(25)14-11-8-12(15(19(30)31)23(11)18(14)29)32-7-6-21-13(26)4-5-22-17(28)16(27)20(2,3)9-24/h10-11,14,16,24-25,27H,4-9H2,1-3H3,(H,21,26)(H,22,28)(H,30,31)/t10-,11+,14-,16+/m1/s1. The van der Waals surface area contributed by atoms with Crippen molar-refractivity contribution in [3.05, 3.63) is 10.6 Å². The number of aliphatic hydroxyl groups excluding tert-OH is 3. The SMILES string of the molecule is C[C@@H](O)[C@H]1C(=O)N2C(C(=O)O)=C(SCCNC(=O)CCNC(=O)[C@H](O)C(C)(C)CO)C[C@@H]12. The molecule has 2 aliphatic rings. The number of hydrogen-bond donors (Lipinski definition) is 6. The smallest absolute Gasteiger partial charge is 0.353 e. The molecular weight excluding hydrogens is 442 g/mol. The van der Waals surface area contributed by atoms with E-state index < -0.39 is 35.4 Å². The number of nitrogens with one attached hydrogen (secondary N) is 2. The molecule has 1 saturated heterocycles. The van der Waals surface area contributed by atoms with Gasteiger partial charge < -0.3 is 36.0 Å². The molecule has 4 atom stereocenters. The van der Waals surface area contributed by atoms with Crippen molar-refractivity contribution in [3.63, 3.8) is 0 Å². The summed E-state index contributed by atoms with van der Waals surface area (Å²) in [6, 6.07) is -0.347. The minimum atomic E-state index is -1.40. The lowest BCUT2D eigenvalue weighted by Crippen LogP contribution is -2.61. The zero-order valence-electron chi connectivity index (χ0n) is 18.3. The lowest BCUT2D eigenvalue weighted by Gasteiger charge is -2.44. The van der Waals surface area contributed by atoms with Gasteiger partial charge in [-0.1, -0.05) is 13.8 Å². The van der Waals surface area contributed by atoms with Gasteiger partial charge in [-0.05, 0) is 6.92 Å². The summed E-state index contributed by atoms with van der Waals surface area (Å²) < 4.78 is 0. The molecule has 6 N–H and O–H groups in total. The lowest BCUT2D eigenvalue weighted by atomic mass is 9.83. The molecule has 12 heteroatoms. The molecule has 0 saturated carbocycles. The predicted octanol–water partition coefficient (Wildman–Crippen LogP) is -1.37. The first kappa shape index (κ1) is 26.1. The summed E-state index contributed by atoms with van der Waals surface area (Å²) >= 11 is 1.25. The molecule has 0 unspecified atom stereocenters. The first-order valence-corrected chi connectivity index (χ1v) is 11.3. The Labute approximate surface area is 190 Å². The second kappa shape index (κ2) is 10.6. The summed E-state index contributed by atoms with van der Waals surface area (Å²) in [7, 11) is 0. The van der Waals surface area contributed by atoms with E-state index in [0.717, 1.165) is 0 Å². The van der Waals surface area contributed by atoms with Crippen molar-refractivity contribution in [2.24, 2.45) is 11.3 Å². The van der Waals surface area contributed by atoms with E-state index in [0.29, 0.717) is 17.1 Å². The molecule has 0 spiro atoms. The van der Waals surface area contributed by atoms with Gasteiger partial charge in [-0.3, -0.25) is 14.4 Å². The summed E-state index contributed by atoms with van der Waals surface area (Å²) in [6.45, 7) is 4.50. The molecule has 32 heavy (non-hydrogen) atoms. The first-order valence-electron chi connectivity index (χ1n) is 10.4. The number of β-lactam (4-membered cyclic amide) rings is 1. The molecule has 0 bridgehead atoms. The highest BCUT2D eigenvalue weighted by Crippen LogP contribution is 2.46. The van der Waals surface area contributed by atoms with E-state index in [-0.39, 0.29) is 49.7 Å². The van der Waals surface area contributed by atoms with Gasteiger partial charge in [-0.25, -0.2) is 4.79 Å². The van der Waals surface area contributed by atoms with Crippen LogP contribution in [0.5, 0.6) is 0 Å². The van der Waals surface area contributed by atoms with E-state index in [9.17, 15) is 39.6 Å². The summed E-state index contributed by atoms with van der Waals surface area (Å²) in [5.74, 6) is -2.79. The number of nitrogens with zero attached hydrogens (tertiary/aromatic N) is 1. The Balaban J connectivity index is 1.73. The van der Waals surface area contributed by atoms with Crippen LogP contribution < -0.4 is 10.6 Å². The Morgan fingerprint density at radius 2 is 1.88 bits per heavy atom. The van der Waals surface area contributed by atoms with Crippen LogP contribution in [-0.4, -0.2) is 92.7 Å². The van der Waals surface area contributed by atoms with E-state index in [2.05, 4.69) is 10.6 Å². The molecule has 3 amide bonds. The number of amides is 3. The number of hydrogen-bond acceptors (Lipinski definition) is 8. The van der Waals surface area contributed by atoms with Gasteiger partial charge in [0.1, 0.15) is 11.8 Å². The van der Waals surface area contributed by atoms with Crippen molar-refractivity contribution in [1.29, 1.82) is 0 Å². The number of aliphatic carboxylic acids is 1. The summed E-state index contributed by atoms with van der Waals surface area (Å²) in [5.41, 5.74) is -1.05. The summed E-state index contributed by atoms with van der Waals surface area (Å²) in [4.78, 5) is 49.3. The monoisotopic (exact) mass is 473 g/mol. The second-order valence-corrected chi connectivity index (χ2v) is 9.80. The van der Waals surface area contributed by atoms with Crippen molar-refractivity contribution in [3.8, 4) is 0 Å². The number of rotatable bonds is 12. The number of thioether (sulfide) groups is 1. The summed E-state index contributed by atoms with van der Waals surface area (Å²) in [6.07, 6.45) is -1.90. The molecule has 11 nitrogen and oxygen atoms in total. The second-order valence-electron chi connectivity index (χ2n) is 8.61. The third-order valence-corrected chi connectivity index (χ3v) is 6.76. The third-order valence-electron chi connectivity index (χ3n) is 5.64. The maximum absolute atomic E-state index is 12.2. The molecule has 180 valence electrons. The van der Waals surface area contributed by atoms with Gasteiger partial charge in [0.15, 0.2) is 0 Å². The Morgan fingerprint density at radius 3 is 2.44 bits per heavy atom. The fraction of sp³-hybridized carbons (Fsp3) is 0.700. The Hall–Kier alpha value is -2.15. The molecule has 1 fully saturated rings. The average Bonchev–Trinajstić information content (AvgIpc) is 3.04. The molecule has 0 aromatic rings. The van der Waals surface area contributed by atoms with Gasteiger partial charge in [-0.2, -0.15) is 0 Å². The molecular formula is C20H31N3O8S. The minimum absolute atomic E-state index is 0.00776. The van der Waals surface area contributed by atoms with Crippen molar-refractivity contribution >= 4 is 35.5 Å². The van der Waals surface area contributed by atoms with Gasteiger partial charge in [0.2, 0.25) is 17.7 Å². The van der Waals surface area contributed by atoms with Crippen LogP contribution in [-0.2, 0) is 19.2 Å². The van der Waals surface area contributed by atoms with Crippen molar-refractivity contribution in [2.45, 2.75) is 51.9 Å². The third kappa shape index (κ3) is 5.61. The first-order chi connectivity index (χ1) is 14.9. The van der Waals surface area contributed by atoms with Crippen LogP contribution in [0.25, 0.3) is 0 Å². The molecule has 0 aromatic heterocycles. The Morgan fingerprint density at radius 1 is 1.22 bits per heavy atom. The average molecular weight is 474 g/mol. The number of carboxylic acids is 1. The highest BCUT2D eigenvalue weighted by molar-refractivity contribution is 8.03. The molecule has 2 heterocycles. The highest BCUT2D eigenvalue weighted by Gasteiger charge is 2.56. The topological polar surface area (TPSA) is 176 Å². The van der Waals surface area contributed by atoms with Crippen LogP contribution in [0, 0.1) is 11.3 Å².